The van der Waals surface area contributed by atoms with Gasteiger partial charge in [-0.05, 0) is 48.9 Å². The Labute approximate surface area is 127 Å². The Kier molecular flexibility index (Phi) is 6.05. The first-order valence-corrected chi connectivity index (χ1v) is 7.80. The van der Waals surface area contributed by atoms with Crippen LogP contribution in [-0.4, -0.2) is 26.2 Å². The SMILES string of the molecule is COCC(=O)Nc1ccc(NCC2CCC(C)CC2)cc1. The van der Waals surface area contributed by atoms with Gasteiger partial charge >= 0.3 is 0 Å². The first-order valence-electron chi connectivity index (χ1n) is 7.80. The van der Waals surface area contributed by atoms with Crippen molar-refractivity contribution in [1.82, 2.24) is 0 Å². The van der Waals surface area contributed by atoms with Crippen LogP contribution in [0.15, 0.2) is 24.3 Å². The molecule has 0 atom stereocenters. The number of carbonyl (C=O) groups excluding carboxylic acids is 1. The quantitative estimate of drug-likeness (QED) is 0.843. The molecule has 4 nitrogen and oxygen atoms in total. The van der Waals surface area contributed by atoms with Crippen molar-refractivity contribution in [3.63, 3.8) is 0 Å². The number of anilines is 2. The Bertz CT molecular complexity index is 437. The fourth-order valence-electron chi connectivity index (χ4n) is 2.80. The summed E-state index contributed by atoms with van der Waals surface area (Å²) in [7, 11) is 1.51. The summed E-state index contributed by atoms with van der Waals surface area (Å²) in [4.78, 5) is 11.4. The smallest absolute Gasteiger partial charge is 0.250 e. The molecule has 1 aliphatic carbocycles. The summed E-state index contributed by atoms with van der Waals surface area (Å²) in [5.74, 6) is 1.56. The minimum Gasteiger partial charge on any atom is -0.385 e. The predicted molar refractivity (Wildman–Crippen MR) is 86.6 cm³/mol. The number of ether oxygens (including phenoxy) is 1. The summed E-state index contributed by atoms with van der Waals surface area (Å²) in [6, 6.07) is 7.85. The summed E-state index contributed by atoms with van der Waals surface area (Å²) in [5, 5.41) is 6.29. The molecular weight excluding hydrogens is 264 g/mol. The number of benzene rings is 1. The summed E-state index contributed by atoms with van der Waals surface area (Å²) in [5.41, 5.74) is 1.91. The van der Waals surface area contributed by atoms with Gasteiger partial charge in [0.2, 0.25) is 5.91 Å². The van der Waals surface area contributed by atoms with E-state index < -0.39 is 0 Å². The third-order valence-corrected chi connectivity index (χ3v) is 4.17. The first-order chi connectivity index (χ1) is 10.2. The lowest BCUT2D eigenvalue weighted by molar-refractivity contribution is -0.119. The Morgan fingerprint density at radius 3 is 2.38 bits per heavy atom. The van der Waals surface area contributed by atoms with Crippen LogP contribution in [0.5, 0.6) is 0 Å². The molecule has 0 aliphatic heterocycles. The van der Waals surface area contributed by atoms with Crippen LogP contribution in [0.1, 0.15) is 32.6 Å². The minimum absolute atomic E-state index is 0.0834. The van der Waals surface area contributed by atoms with Gasteiger partial charge in [-0.2, -0.15) is 0 Å². The lowest BCUT2D eigenvalue weighted by Crippen LogP contribution is -2.20. The number of rotatable bonds is 6. The molecule has 1 aromatic carbocycles. The van der Waals surface area contributed by atoms with Crippen LogP contribution >= 0.6 is 0 Å². The first kappa shape index (κ1) is 15.8. The van der Waals surface area contributed by atoms with Crippen molar-refractivity contribution in [2.24, 2.45) is 11.8 Å². The molecule has 0 spiro atoms. The minimum atomic E-state index is -0.130. The molecule has 1 aromatic rings. The monoisotopic (exact) mass is 290 g/mol. The lowest BCUT2D eigenvalue weighted by Gasteiger charge is -2.26. The normalized spacial score (nSPS) is 21.8. The van der Waals surface area contributed by atoms with Gasteiger partial charge in [-0.3, -0.25) is 4.79 Å². The largest absolute Gasteiger partial charge is 0.385 e. The van der Waals surface area contributed by atoms with Crippen molar-refractivity contribution in [3.05, 3.63) is 24.3 Å². The van der Waals surface area contributed by atoms with Gasteiger partial charge in [0.25, 0.3) is 0 Å². The zero-order valence-corrected chi connectivity index (χ0v) is 13.0. The molecule has 1 saturated carbocycles. The Balaban J connectivity index is 1.75. The number of amides is 1. The molecule has 0 heterocycles. The maximum Gasteiger partial charge on any atom is 0.250 e. The Hall–Kier alpha value is -1.55. The summed E-state index contributed by atoms with van der Waals surface area (Å²) >= 11 is 0. The number of methoxy groups -OCH3 is 1. The molecular formula is C17H26N2O2. The van der Waals surface area contributed by atoms with Crippen LogP contribution < -0.4 is 10.6 Å². The van der Waals surface area contributed by atoms with E-state index in [2.05, 4.69) is 17.6 Å². The topological polar surface area (TPSA) is 50.4 Å². The van der Waals surface area contributed by atoms with Gasteiger partial charge in [-0.1, -0.05) is 19.8 Å². The third kappa shape index (κ3) is 5.38. The maximum atomic E-state index is 11.4. The van der Waals surface area contributed by atoms with E-state index in [1.54, 1.807) is 0 Å². The highest BCUT2D eigenvalue weighted by Crippen LogP contribution is 2.28. The fourth-order valence-corrected chi connectivity index (χ4v) is 2.80. The Morgan fingerprint density at radius 2 is 1.76 bits per heavy atom. The highest BCUT2D eigenvalue weighted by atomic mass is 16.5. The van der Waals surface area contributed by atoms with Crippen LogP contribution in [0.25, 0.3) is 0 Å². The van der Waals surface area contributed by atoms with E-state index in [9.17, 15) is 4.79 Å². The molecule has 0 unspecified atom stereocenters. The van der Waals surface area contributed by atoms with Crippen molar-refractivity contribution in [2.45, 2.75) is 32.6 Å². The zero-order valence-electron chi connectivity index (χ0n) is 13.0. The van der Waals surface area contributed by atoms with Crippen molar-refractivity contribution < 1.29 is 9.53 Å². The number of carbonyl (C=O) groups is 1. The molecule has 0 saturated heterocycles. The third-order valence-electron chi connectivity index (χ3n) is 4.17. The van der Waals surface area contributed by atoms with Gasteiger partial charge < -0.3 is 15.4 Å². The highest BCUT2D eigenvalue weighted by Gasteiger charge is 2.17. The van der Waals surface area contributed by atoms with Gasteiger partial charge in [-0.15, -0.1) is 0 Å². The van der Waals surface area contributed by atoms with E-state index in [1.807, 2.05) is 24.3 Å². The van der Waals surface area contributed by atoms with Gasteiger partial charge in [0.1, 0.15) is 6.61 Å². The predicted octanol–water partition coefficient (Wildman–Crippen LogP) is 3.51. The maximum absolute atomic E-state index is 11.4. The van der Waals surface area contributed by atoms with Crippen LogP contribution in [0.4, 0.5) is 11.4 Å². The van der Waals surface area contributed by atoms with Crippen molar-refractivity contribution in [1.29, 1.82) is 0 Å². The van der Waals surface area contributed by atoms with Gasteiger partial charge in [-0.25, -0.2) is 0 Å². The van der Waals surface area contributed by atoms with Gasteiger partial charge in [0.05, 0.1) is 0 Å². The second-order valence-electron chi connectivity index (χ2n) is 6.07. The van der Waals surface area contributed by atoms with E-state index >= 15 is 0 Å². The van der Waals surface area contributed by atoms with E-state index in [0.717, 1.165) is 29.8 Å². The van der Waals surface area contributed by atoms with Crippen LogP contribution in [0.3, 0.4) is 0 Å². The zero-order chi connectivity index (χ0) is 15.1. The van der Waals surface area contributed by atoms with Crippen molar-refractivity contribution in [3.8, 4) is 0 Å². The molecule has 21 heavy (non-hydrogen) atoms. The molecule has 1 amide bonds. The van der Waals surface area contributed by atoms with E-state index in [4.69, 9.17) is 4.74 Å². The van der Waals surface area contributed by atoms with E-state index in [-0.39, 0.29) is 12.5 Å². The molecule has 0 bridgehead atoms. The molecule has 1 fully saturated rings. The molecule has 0 radical (unpaired) electrons. The average Bonchev–Trinajstić information content (AvgIpc) is 2.48. The van der Waals surface area contributed by atoms with Crippen molar-refractivity contribution >= 4 is 17.3 Å². The van der Waals surface area contributed by atoms with Crippen LogP contribution in [0.2, 0.25) is 0 Å². The molecule has 2 N–H and O–H groups in total. The van der Waals surface area contributed by atoms with Crippen LogP contribution in [0, 0.1) is 11.8 Å². The second kappa shape index (κ2) is 8.03. The summed E-state index contributed by atoms with van der Waals surface area (Å²) < 4.78 is 4.79. The lowest BCUT2D eigenvalue weighted by atomic mass is 9.83. The average molecular weight is 290 g/mol. The fraction of sp³-hybridized carbons (Fsp3) is 0.588. The summed E-state index contributed by atoms with van der Waals surface area (Å²) in [6.07, 6.45) is 5.38. The molecule has 4 heteroatoms. The second-order valence-corrected chi connectivity index (χ2v) is 6.07. The number of hydrogen-bond donors (Lipinski definition) is 2. The molecule has 1 aliphatic rings. The Morgan fingerprint density at radius 1 is 1.14 bits per heavy atom. The molecule has 2 rings (SSSR count). The van der Waals surface area contributed by atoms with E-state index in [1.165, 1.54) is 32.8 Å². The summed E-state index contributed by atoms with van der Waals surface area (Å²) in [6.45, 7) is 3.47. The van der Waals surface area contributed by atoms with E-state index in [0.29, 0.717) is 0 Å². The number of nitrogens with one attached hydrogen (secondary N) is 2. The van der Waals surface area contributed by atoms with Crippen molar-refractivity contribution in [2.75, 3.05) is 30.9 Å². The standard InChI is InChI=1S/C17H26N2O2/c1-13-3-5-14(6-4-13)11-18-15-7-9-16(10-8-15)19-17(20)12-21-2/h7-10,13-14,18H,3-6,11-12H2,1-2H3,(H,19,20). The highest BCUT2D eigenvalue weighted by molar-refractivity contribution is 5.91. The van der Waals surface area contributed by atoms with Gasteiger partial charge in [0, 0.05) is 25.0 Å². The van der Waals surface area contributed by atoms with Crippen LogP contribution in [-0.2, 0) is 9.53 Å². The molecule has 0 aromatic heterocycles. The van der Waals surface area contributed by atoms with Gasteiger partial charge in [0.15, 0.2) is 0 Å². The number of hydrogen-bond acceptors (Lipinski definition) is 3. The molecule has 116 valence electrons.